The van der Waals surface area contributed by atoms with Crippen LogP contribution in [0.5, 0.6) is 0 Å². The third-order valence-electron chi connectivity index (χ3n) is 6.06. The second-order valence-corrected chi connectivity index (χ2v) is 8.20. The van der Waals surface area contributed by atoms with E-state index in [2.05, 4.69) is 11.1 Å². The minimum atomic E-state index is -0.400. The first kappa shape index (κ1) is 18.7. The number of amides is 2. The highest BCUT2D eigenvalue weighted by Gasteiger charge is 2.49. The lowest BCUT2D eigenvalue weighted by atomic mass is 9.78. The summed E-state index contributed by atoms with van der Waals surface area (Å²) in [5, 5.41) is 0. The number of hydrogen-bond acceptors (Lipinski definition) is 3. The summed E-state index contributed by atoms with van der Waals surface area (Å²) in [6.45, 7) is 4.66. The highest BCUT2D eigenvalue weighted by molar-refractivity contribution is 5.86. The number of piperidine rings is 1. The Kier molecular flexibility index (Phi) is 5.16. The van der Waals surface area contributed by atoms with Crippen molar-refractivity contribution in [2.24, 2.45) is 5.41 Å². The Balaban J connectivity index is 1.42. The van der Waals surface area contributed by atoms with Crippen molar-refractivity contribution >= 4 is 11.8 Å². The molecular formula is C23H27N3O2. The normalized spacial score (nSPS) is 22.1. The summed E-state index contributed by atoms with van der Waals surface area (Å²) in [6, 6.07) is 12.0. The van der Waals surface area contributed by atoms with Crippen molar-refractivity contribution in [3.63, 3.8) is 0 Å². The average molecular weight is 377 g/mol. The van der Waals surface area contributed by atoms with Crippen molar-refractivity contribution in [3.8, 4) is 0 Å². The Labute approximate surface area is 166 Å². The molecule has 0 saturated carbocycles. The number of aryl methyl sites for hydroxylation is 1. The topological polar surface area (TPSA) is 53.5 Å². The lowest BCUT2D eigenvalue weighted by Crippen LogP contribution is -2.50. The number of benzene rings is 1. The molecule has 28 heavy (non-hydrogen) atoms. The van der Waals surface area contributed by atoms with Gasteiger partial charge in [-0.2, -0.15) is 0 Å². The van der Waals surface area contributed by atoms with E-state index in [1.54, 1.807) is 6.20 Å². The van der Waals surface area contributed by atoms with E-state index < -0.39 is 5.41 Å². The van der Waals surface area contributed by atoms with Gasteiger partial charge in [-0.05, 0) is 43.4 Å². The molecule has 1 spiro atoms. The molecule has 0 aliphatic carbocycles. The van der Waals surface area contributed by atoms with Gasteiger partial charge < -0.3 is 9.80 Å². The van der Waals surface area contributed by atoms with E-state index >= 15 is 0 Å². The molecule has 1 aromatic heterocycles. The van der Waals surface area contributed by atoms with Gasteiger partial charge in [0.25, 0.3) is 0 Å². The van der Waals surface area contributed by atoms with Crippen molar-refractivity contribution in [2.75, 3.05) is 19.6 Å². The van der Waals surface area contributed by atoms with Crippen LogP contribution in [-0.4, -0.2) is 46.2 Å². The van der Waals surface area contributed by atoms with E-state index in [0.717, 1.165) is 42.5 Å². The second-order valence-electron chi connectivity index (χ2n) is 8.20. The van der Waals surface area contributed by atoms with Crippen LogP contribution >= 0.6 is 0 Å². The van der Waals surface area contributed by atoms with Gasteiger partial charge in [0.15, 0.2) is 0 Å². The van der Waals surface area contributed by atoms with E-state index in [0.29, 0.717) is 26.1 Å². The Hall–Kier alpha value is -2.69. The van der Waals surface area contributed by atoms with Gasteiger partial charge in [-0.3, -0.25) is 14.6 Å². The summed E-state index contributed by atoms with van der Waals surface area (Å²) in [4.78, 5) is 34.1. The van der Waals surface area contributed by atoms with Gasteiger partial charge >= 0.3 is 0 Å². The zero-order valence-corrected chi connectivity index (χ0v) is 16.4. The molecule has 2 aromatic rings. The molecule has 5 heteroatoms. The van der Waals surface area contributed by atoms with Crippen LogP contribution in [-0.2, 0) is 22.6 Å². The van der Waals surface area contributed by atoms with Crippen LogP contribution in [0.2, 0.25) is 0 Å². The van der Waals surface area contributed by atoms with Crippen LogP contribution in [0.15, 0.2) is 48.8 Å². The predicted octanol–water partition coefficient (Wildman–Crippen LogP) is 2.97. The number of likely N-dealkylation sites (tertiary alicyclic amines) is 2. The third kappa shape index (κ3) is 3.79. The Morgan fingerprint density at radius 2 is 2.00 bits per heavy atom. The predicted molar refractivity (Wildman–Crippen MR) is 107 cm³/mol. The maximum Gasteiger partial charge on any atom is 0.230 e. The number of carbonyl (C=O) groups is 2. The standard InChI is InChI=1S/C23H27N3O2/c1-18-5-2-6-19(13-18)14-21(27)26-12-9-23(17-26)8-4-11-25(22(23)28)16-20-7-3-10-24-15-20/h2-3,5-7,10,13,15H,4,8-9,11-12,14,16-17H2,1H3. The minimum Gasteiger partial charge on any atom is -0.341 e. The number of aromatic nitrogens is 1. The van der Waals surface area contributed by atoms with E-state index in [-0.39, 0.29) is 11.8 Å². The van der Waals surface area contributed by atoms with Crippen molar-refractivity contribution in [2.45, 2.75) is 39.2 Å². The zero-order chi connectivity index (χ0) is 19.6. The summed E-state index contributed by atoms with van der Waals surface area (Å²) in [5.74, 6) is 0.327. The van der Waals surface area contributed by atoms with Crippen LogP contribution in [0.3, 0.4) is 0 Å². The van der Waals surface area contributed by atoms with Crippen molar-refractivity contribution < 1.29 is 9.59 Å². The first-order valence-corrected chi connectivity index (χ1v) is 10.1. The first-order valence-electron chi connectivity index (χ1n) is 10.1. The molecule has 2 fully saturated rings. The molecule has 146 valence electrons. The monoisotopic (exact) mass is 377 g/mol. The van der Waals surface area contributed by atoms with Gasteiger partial charge in [-0.15, -0.1) is 0 Å². The molecule has 1 aromatic carbocycles. The SMILES string of the molecule is Cc1cccc(CC(=O)N2CCC3(CCCN(Cc4cccnc4)C3=O)C2)c1. The molecule has 2 aliphatic rings. The van der Waals surface area contributed by atoms with Crippen LogP contribution < -0.4 is 0 Å². The molecule has 1 unspecified atom stereocenters. The second kappa shape index (κ2) is 7.74. The number of nitrogens with zero attached hydrogens (tertiary/aromatic N) is 3. The molecule has 2 amide bonds. The molecule has 0 radical (unpaired) electrons. The number of rotatable bonds is 4. The van der Waals surface area contributed by atoms with Crippen molar-refractivity contribution in [1.82, 2.24) is 14.8 Å². The average Bonchev–Trinajstić information content (AvgIpc) is 3.12. The smallest absolute Gasteiger partial charge is 0.230 e. The van der Waals surface area contributed by atoms with E-state index in [1.165, 1.54) is 0 Å². The Bertz CT molecular complexity index is 867. The fourth-order valence-corrected chi connectivity index (χ4v) is 4.59. The molecule has 1 atom stereocenters. The number of hydrogen-bond donors (Lipinski definition) is 0. The summed E-state index contributed by atoms with van der Waals surface area (Å²) in [5.41, 5.74) is 2.86. The summed E-state index contributed by atoms with van der Waals surface area (Å²) < 4.78 is 0. The van der Waals surface area contributed by atoms with E-state index in [1.807, 2.05) is 53.3 Å². The Morgan fingerprint density at radius 3 is 2.79 bits per heavy atom. The molecule has 3 heterocycles. The first-order chi connectivity index (χ1) is 13.6. The zero-order valence-electron chi connectivity index (χ0n) is 16.4. The maximum atomic E-state index is 13.3. The van der Waals surface area contributed by atoms with Crippen LogP contribution in [0.4, 0.5) is 0 Å². The Morgan fingerprint density at radius 1 is 1.14 bits per heavy atom. The van der Waals surface area contributed by atoms with Gasteiger partial charge in [0.05, 0.1) is 11.8 Å². The molecule has 4 rings (SSSR count). The van der Waals surface area contributed by atoms with Gasteiger partial charge in [0, 0.05) is 38.6 Å². The quantitative estimate of drug-likeness (QED) is 0.823. The molecule has 0 N–H and O–H groups in total. The van der Waals surface area contributed by atoms with Gasteiger partial charge in [-0.25, -0.2) is 0 Å². The number of carbonyl (C=O) groups excluding carboxylic acids is 2. The molecule has 2 saturated heterocycles. The molecule has 0 bridgehead atoms. The largest absolute Gasteiger partial charge is 0.341 e. The molecule has 2 aliphatic heterocycles. The minimum absolute atomic E-state index is 0.125. The maximum absolute atomic E-state index is 13.3. The number of pyridine rings is 1. The fraction of sp³-hybridized carbons (Fsp3) is 0.435. The van der Waals surface area contributed by atoms with Crippen LogP contribution in [0.25, 0.3) is 0 Å². The van der Waals surface area contributed by atoms with Crippen molar-refractivity contribution in [3.05, 3.63) is 65.5 Å². The summed E-state index contributed by atoms with van der Waals surface area (Å²) in [6.07, 6.45) is 6.62. The van der Waals surface area contributed by atoms with E-state index in [4.69, 9.17) is 0 Å². The van der Waals surface area contributed by atoms with Gasteiger partial charge in [0.2, 0.25) is 11.8 Å². The lowest BCUT2D eigenvalue weighted by molar-refractivity contribution is -0.146. The highest BCUT2D eigenvalue weighted by Crippen LogP contribution is 2.40. The summed E-state index contributed by atoms with van der Waals surface area (Å²) >= 11 is 0. The third-order valence-corrected chi connectivity index (χ3v) is 6.06. The van der Waals surface area contributed by atoms with E-state index in [9.17, 15) is 9.59 Å². The fourth-order valence-electron chi connectivity index (χ4n) is 4.59. The van der Waals surface area contributed by atoms with Crippen LogP contribution in [0, 0.1) is 12.3 Å². The molecular weight excluding hydrogens is 350 g/mol. The van der Waals surface area contributed by atoms with Crippen LogP contribution in [0.1, 0.15) is 36.0 Å². The lowest BCUT2D eigenvalue weighted by Gasteiger charge is -2.39. The molecule has 5 nitrogen and oxygen atoms in total. The van der Waals surface area contributed by atoms with Crippen molar-refractivity contribution in [1.29, 1.82) is 0 Å². The summed E-state index contributed by atoms with van der Waals surface area (Å²) in [7, 11) is 0. The van der Waals surface area contributed by atoms with Gasteiger partial charge in [-0.1, -0.05) is 35.9 Å². The van der Waals surface area contributed by atoms with Gasteiger partial charge in [0.1, 0.15) is 0 Å². The highest BCUT2D eigenvalue weighted by atomic mass is 16.2.